The molecule has 1 fully saturated rings. The zero-order valence-electron chi connectivity index (χ0n) is 18.4. The number of ether oxygens (including phenoxy) is 3. The summed E-state index contributed by atoms with van der Waals surface area (Å²) < 4.78 is 16.9. The molecule has 1 atom stereocenters. The molecule has 1 aliphatic rings. The van der Waals surface area contributed by atoms with Gasteiger partial charge in [0.25, 0.3) is 5.19 Å². The molecule has 0 radical (unpaired) electrons. The molecule has 3 rings (SSSR count). The third-order valence-corrected chi connectivity index (χ3v) is 5.66. The first-order valence-electron chi connectivity index (χ1n) is 10.7. The maximum Gasteiger partial charge on any atom is 0.279 e. The Kier molecular flexibility index (Phi) is 9.14. The highest BCUT2D eigenvalue weighted by Crippen LogP contribution is 2.35. The maximum absolute atomic E-state index is 12.0. The fourth-order valence-electron chi connectivity index (χ4n) is 2.64. The van der Waals surface area contributed by atoms with Gasteiger partial charge in [0.05, 0.1) is 22.5 Å². The monoisotopic (exact) mass is 476 g/mol. The molecule has 2 aromatic rings. The number of halogens is 1. The van der Waals surface area contributed by atoms with Gasteiger partial charge >= 0.3 is 0 Å². The number of hydrogen-bond donors (Lipinski definition) is 1. The van der Waals surface area contributed by atoms with E-state index in [-0.39, 0.29) is 18.6 Å². The number of rotatable bonds is 13. The van der Waals surface area contributed by atoms with Gasteiger partial charge in [-0.3, -0.25) is 4.79 Å². The standard InChI is InChI=1S/C24H29ClN2O4S/c1-4-18(27-23(28)15-29-13-16(2)3)7-9-20-12-26-24(32-20)31-22-10-8-19(11-21(22)25)30-14-17-5-6-17/h4,7-12,16-18H,1,5-6,13-15H2,2-3H3,(H,27,28)/b9-7+/t18-/m0/s1. The maximum atomic E-state index is 12.0. The van der Waals surface area contributed by atoms with Crippen LogP contribution in [0.5, 0.6) is 16.7 Å². The van der Waals surface area contributed by atoms with Gasteiger partial charge in [-0.15, -0.1) is 6.58 Å². The number of nitrogens with zero attached hydrogens (tertiary/aromatic N) is 1. The van der Waals surface area contributed by atoms with E-state index in [9.17, 15) is 4.79 Å². The minimum atomic E-state index is -0.311. The van der Waals surface area contributed by atoms with Gasteiger partial charge in [0.1, 0.15) is 18.1 Å². The molecule has 1 saturated carbocycles. The summed E-state index contributed by atoms with van der Waals surface area (Å²) in [5.41, 5.74) is 0. The van der Waals surface area contributed by atoms with E-state index in [0.717, 1.165) is 17.2 Å². The van der Waals surface area contributed by atoms with E-state index in [1.807, 2.05) is 32.1 Å². The van der Waals surface area contributed by atoms with E-state index >= 15 is 0 Å². The van der Waals surface area contributed by atoms with Crippen LogP contribution in [0.3, 0.4) is 0 Å². The number of carbonyl (C=O) groups is 1. The smallest absolute Gasteiger partial charge is 0.279 e. The van der Waals surface area contributed by atoms with Crippen molar-refractivity contribution in [1.82, 2.24) is 10.3 Å². The van der Waals surface area contributed by atoms with E-state index in [1.54, 1.807) is 24.4 Å². The molecule has 1 heterocycles. The summed E-state index contributed by atoms with van der Waals surface area (Å²) in [6.45, 7) is 9.15. The molecule has 1 amide bonds. The van der Waals surface area contributed by atoms with Crippen molar-refractivity contribution in [3.8, 4) is 16.7 Å². The highest BCUT2D eigenvalue weighted by atomic mass is 35.5. The second-order valence-corrected chi connectivity index (χ2v) is 9.51. The molecule has 0 bridgehead atoms. The molecule has 1 aromatic carbocycles. The van der Waals surface area contributed by atoms with Gasteiger partial charge in [0.2, 0.25) is 5.91 Å². The average molecular weight is 477 g/mol. The predicted molar refractivity (Wildman–Crippen MR) is 129 cm³/mol. The molecule has 8 heteroatoms. The van der Waals surface area contributed by atoms with Crippen molar-refractivity contribution in [2.24, 2.45) is 11.8 Å². The van der Waals surface area contributed by atoms with Gasteiger partial charge in [0, 0.05) is 18.9 Å². The number of nitrogens with one attached hydrogen (secondary N) is 1. The van der Waals surface area contributed by atoms with Crippen molar-refractivity contribution in [1.29, 1.82) is 0 Å². The first kappa shape index (κ1) is 24.3. The number of hydrogen-bond acceptors (Lipinski definition) is 6. The van der Waals surface area contributed by atoms with Crippen LogP contribution in [-0.2, 0) is 9.53 Å². The average Bonchev–Trinajstić information content (AvgIpc) is 3.48. The highest BCUT2D eigenvalue weighted by molar-refractivity contribution is 7.14. The Hall–Kier alpha value is -2.35. The van der Waals surface area contributed by atoms with Crippen LogP contribution in [0.1, 0.15) is 31.6 Å². The van der Waals surface area contributed by atoms with Gasteiger partial charge in [0.15, 0.2) is 0 Å². The normalized spacial score (nSPS) is 14.5. The fourth-order valence-corrected chi connectivity index (χ4v) is 3.54. The van der Waals surface area contributed by atoms with Gasteiger partial charge in [-0.05, 0) is 42.9 Å². The van der Waals surface area contributed by atoms with Crippen molar-refractivity contribution in [2.45, 2.75) is 32.7 Å². The summed E-state index contributed by atoms with van der Waals surface area (Å²) in [6, 6.07) is 5.08. The Morgan fingerprint density at radius 1 is 1.41 bits per heavy atom. The Labute approximate surface area is 198 Å². The van der Waals surface area contributed by atoms with E-state index in [4.69, 9.17) is 25.8 Å². The first-order valence-corrected chi connectivity index (χ1v) is 11.9. The molecule has 32 heavy (non-hydrogen) atoms. The lowest BCUT2D eigenvalue weighted by Gasteiger charge is -2.11. The van der Waals surface area contributed by atoms with Crippen LogP contribution in [-0.4, -0.2) is 36.8 Å². The second kappa shape index (κ2) is 12.0. The van der Waals surface area contributed by atoms with Crippen LogP contribution >= 0.6 is 22.9 Å². The Morgan fingerprint density at radius 2 is 2.22 bits per heavy atom. The van der Waals surface area contributed by atoms with Crippen molar-refractivity contribution < 1.29 is 19.0 Å². The predicted octanol–water partition coefficient (Wildman–Crippen LogP) is 5.73. The molecule has 1 N–H and O–H groups in total. The largest absolute Gasteiger partial charge is 0.493 e. The number of carbonyl (C=O) groups excluding carboxylic acids is 1. The molecule has 0 aliphatic heterocycles. The second-order valence-electron chi connectivity index (χ2n) is 8.07. The van der Waals surface area contributed by atoms with Gasteiger partial charge in [-0.25, -0.2) is 4.98 Å². The van der Waals surface area contributed by atoms with Gasteiger partial charge in [-0.2, -0.15) is 0 Å². The minimum absolute atomic E-state index is 0.0279. The van der Waals surface area contributed by atoms with Crippen LogP contribution < -0.4 is 14.8 Å². The molecule has 1 aromatic heterocycles. The van der Waals surface area contributed by atoms with E-state index in [0.29, 0.717) is 34.4 Å². The number of aromatic nitrogens is 1. The quantitative estimate of drug-likeness (QED) is 0.373. The minimum Gasteiger partial charge on any atom is -0.493 e. The lowest BCUT2D eigenvalue weighted by atomic mass is 10.2. The summed E-state index contributed by atoms with van der Waals surface area (Å²) in [5, 5.41) is 3.79. The lowest BCUT2D eigenvalue weighted by molar-refractivity contribution is -0.126. The van der Waals surface area contributed by atoms with Crippen molar-refractivity contribution >= 4 is 34.9 Å². The number of benzene rings is 1. The molecule has 172 valence electrons. The Morgan fingerprint density at radius 3 is 2.91 bits per heavy atom. The molecule has 0 spiro atoms. The Balaban J connectivity index is 1.50. The summed E-state index contributed by atoms with van der Waals surface area (Å²) >= 11 is 7.71. The third-order valence-electron chi connectivity index (χ3n) is 4.52. The molecular formula is C24H29ClN2O4S. The molecular weight excluding hydrogens is 448 g/mol. The molecule has 0 saturated heterocycles. The molecule has 0 unspecified atom stereocenters. The van der Waals surface area contributed by atoms with E-state index < -0.39 is 0 Å². The first-order chi connectivity index (χ1) is 15.4. The number of amides is 1. The van der Waals surface area contributed by atoms with Crippen molar-refractivity contribution in [3.05, 3.63) is 53.0 Å². The fraction of sp³-hybridized carbons (Fsp3) is 0.417. The third kappa shape index (κ3) is 8.30. The lowest BCUT2D eigenvalue weighted by Crippen LogP contribution is -2.34. The van der Waals surface area contributed by atoms with Crippen LogP contribution in [0.15, 0.2) is 43.1 Å². The number of thiazole rings is 1. The molecule has 1 aliphatic carbocycles. The SMILES string of the molecule is C=C[C@@H](/C=C/c1cnc(Oc2ccc(OCC3CC3)cc2Cl)s1)NC(=O)COCC(C)C. The summed E-state index contributed by atoms with van der Waals surface area (Å²) in [7, 11) is 0. The van der Waals surface area contributed by atoms with Crippen LogP contribution in [0.4, 0.5) is 0 Å². The van der Waals surface area contributed by atoms with Crippen LogP contribution in [0.25, 0.3) is 6.08 Å². The van der Waals surface area contributed by atoms with Gasteiger partial charge in [-0.1, -0.05) is 48.9 Å². The van der Waals surface area contributed by atoms with E-state index in [1.165, 1.54) is 24.2 Å². The summed E-state index contributed by atoms with van der Waals surface area (Å²) in [5.74, 6) is 2.14. The molecule has 6 nitrogen and oxygen atoms in total. The van der Waals surface area contributed by atoms with Crippen molar-refractivity contribution in [3.63, 3.8) is 0 Å². The van der Waals surface area contributed by atoms with Crippen LogP contribution in [0, 0.1) is 11.8 Å². The highest BCUT2D eigenvalue weighted by Gasteiger charge is 2.22. The zero-order valence-corrected chi connectivity index (χ0v) is 20.0. The topological polar surface area (TPSA) is 69.7 Å². The Bertz CT molecular complexity index is 940. The summed E-state index contributed by atoms with van der Waals surface area (Å²) in [6.07, 6.45) is 9.53. The van der Waals surface area contributed by atoms with E-state index in [2.05, 4.69) is 16.9 Å². The van der Waals surface area contributed by atoms with Crippen molar-refractivity contribution in [2.75, 3.05) is 19.8 Å². The summed E-state index contributed by atoms with van der Waals surface area (Å²) in [4.78, 5) is 17.1. The van der Waals surface area contributed by atoms with Gasteiger partial charge < -0.3 is 19.5 Å². The van der Waals surface area contributed by atoms with Crippen LogP contribution in [0.2, 0.25) is 5.02 Å². The zero-order chi connectivity index (χ0) is 22.9.